The SMILES string of the molecule is CC(CCN(C)C)Nc1nc(NN)nc(-n2cncn2)n1. The van der Waals surface area contributed by atoms with Crippen molar-refractivity contribution in [2.24, 2.45) is 5.84 Å². The lowest BCUT2D eigenvalue weighted by atomic mass is 10.2. The van der Waals surface area contributed by atoms with Crippen LogP contribution in [0.15, 0.2) is 12.7 Å². The maximum absolute atomic E-state index is 5.39. The van der Waals surface area contributed by atoms with Gasteiger partial charge >= 0.3 is 0 Å². The molecule has 2 rings (SSSR count). The number of hydrogen-bond acceptors (Lipinski definition) is 9. The second-order valence-corrected chi connectivity index (χ2v) is 4.90. The number of nitrogens with zero attached hydrogens (tertiary/aromatic N) is 7. The molecule has 0 saturated carbocycles. The standard InChI is InChI=1S/C11H20N10/c1-8(4-5-20(2)3)15-9-16-10(19-12)18-11(17-9)21-7-13-6-14-21/h6-8H,4-5,12H2,1-3H3,(H2,15,16,17,18,19). The molecule has 1 atom stereocenters. The Balaban J connectivity index is 2.13. The van der Waals surface area contributed by atoms with Gasteiger partial charge in [-0.05, 0) is 34.0 Å². The van der Waals surface area contributed by atoms with Gasteiger partial charge in [-0.15, -0.1) is 0 Å². The van der Waals surface area contributed by atoms with Gasteiger partial charge in [-0.1, -0.05) is 0 Å². The van der Waals surface area contributed by atoms with Gasteiger partial charge < -0.3 is 10.2 Å². The van der Waals surface area contributed by atoms with Crippen molar-refractivity contribution < 1.29 is 0 Å². The maximum atomic E-state index is 5.39. The van der Waals surface area contributed by atoms with E-state index in [2.05, 4.69) is 47.6 Å². The molecule has 10 heteroatoms. The van der Waals surface area contributed by atoms with Crippen LogP contribution >= 0.6 is 0 Å². The first-order valence-corrected chi connectivity index (χ1v) is 6.57. The molecule has 2 aromatic heterocycles. The number of rotatable bonds is 7. The van der Waals surface area contributed by atoms with E-state index in [4.69, 9.17) is 5.84 Å². The Morgan fingerprint density at radius 3 is 2.67 bits per heavy atom. The van der Waals surface area contributed by atoms with Crippen LogP contribution in [-0.4, -0.2) is 61.3 Å². The van der Waals surface area contributed by atoms with Crippen LogP contribution in [0.2, 0.25) is 0 Å². The Hall–Kier alpha value is -2.33. The van der Waals surface area contributed by atoms with Crippen LogP contribution in [0.1, 0.15) is 13.3 Å². The highest BCUT2D eigenvalue weighted by atomic mass is 15.4. The highest BCUT2D eigenvalue weighted by molar-refractivity contribution is 5.37. The fourth-order valence-electron chi connectivity index (χ4n) is 1.65. The van der Waals surface area contributed by atoms with E-state index in [0.717, 1.165) is 13.0 Å². The highest BCUT2D eigenvalue weighted by Gasteiger charge is 2.10. The minimum absolute atomic E-state index is 0.212. The zero-order chi connectivity index (χ0) is 15.2. The molecule has 1 unspecified atom stereocenters. The average Bonchev–Trinajstić information content (AvgIpc) is 2.99. The van der Waals surface area contributed by atoms with E-state index in [1.165, 1.54) is 17.3 Å². The Morgan fingerprint density at radius 1 is 1.29 bits per heavy atom. The zero-order valence-corrected chi connectivity index (χ0v) is 12.4. The monoisotopic (exact) mass is 292 g/mol. The first-order valence-electron chi connectivity index (χ1n) is 6.57. The molecule has 114 valence electrons. The van der Waals surface area contributed by atoms with Crippen LogP contribution in [-0.2, 0) is 0 Å². The number of hydrazine groups is 1. The van der Waals surface area contributed by atoms with Crippen LogP contribution < -0.4 is 16.6 Å². The van der Waals surface area contributed by atoms with Crippen molar-refractivity contribution in [2.75, 3.05) is 31.4 Å². The van der Waals surface area contributed by atoms with Gasteiger partial charge in [0.25, 0.3) is 5.95 Å². The number of aromatic nitrogens is 6. The summed E-state index contributed by atoms with van der Waals surface area (Å²) in [5.74, 6) is 6.43. The third-order valence-corrected chi connectivity index (χ3v) is 2.76. The van der Waals surface area contributed by atoms with Crippen molar-refractivity contribution >= 4 is 11.9 Å². The van der Waals surface area contributed by atoms with Crippen molar-refractivity contribution in [1.82, 2.24) is 34.6 Å². The van der Waals surface area contributed by atoms with E-state index in [0.29, 0.717) is 11.9 Å². The Kier molecular flexibility index (Phi) is 4.95. The molecule has 2 aromatic rings. The fraction of sp³-hybridized carbons (Fsp3) is 0.545. The van der Waals surface area contributed by atoms with Crippen LogP contribution in [0.3, 0.4) is 0 Å². The number of anilines is 2. The lowest BCUT2D eigenvalue weighted by molar-refractivity contribution is 0.390. The van der Waals surface area contributed by atoms with E-state index < -0.39 is 0 Å². The molecule has 0 radical (unpaired) electrons. The molecule has 10 nitrogen and oxygen atoms in total. The first-order chi connectivity index (χ1) is 10.1. The van der Waals surface area contributed by atoms with Gasteiger partial charge in [0.1, 0.15) is 12.7 Å². The summed E-state index contributed by atoms with van der Waals surface area (Å²) in [6.45, 7) is 3.04. The molecule has 0 aliphatic rings. The predicted octanol–water partition coefficient (Wildman–Crippen LogP) is -0.510. The van der Waals surface area contributed by atoms with Crippen molar-refractivity contribution in [3.63, 3.8) is 0 Å². The van der Waals surface area contributed by atoms with Gasteiger partial charge in [-0.25, -0.2) is 10.8 Å². The molecule has 0 saturated heterocycles. The number of nitrogens with one attached hydrogen (secondary N) is 2. The smallest absolute Gasteiger partial charge is 0.258 e. The molecule has 0 bridgehead atoms. The largest absolute Gasteiger partial charge is 0.352 e. The quantitative estimate of drug-likeness (QED) is 0.457. The molecule has 0 aliphatic heterocycles. The summed E-state index contributed by atoms with van der Waals surface area (Å²) < 4.78 is 1.44. The van der Waals surface area contributed by atoms with E-state index in [9.17, 15) is 0 Å². The highest BCUT2D eigenvalue weighted by Crippen LogP contribution is 2.09. The van der Waals surface area contributed by atoms with Gasteiger partial charge in [0.05, 0.1) is 0 Å². The predicted molar refractivity (Wildman–Crippen MR) is 78.8 cm³/mol. The van der Waals surface area contributed by atoms with Crippen molar-refractivity contribution in [1.29, 1.82) is 0 Å². The molecular formula is C11H20N10. The normalized spacial score (nSPS) is 12.4. The summed E-state index contributed by atoms with van der Waals surface area (Å²) in [4.78, 5) is 18.6. The number of nitrogen functional groups attached to an aromatic ring is 1. The van der Waals surface area contributed by atoms with E-state index in [-0.39, 0.29) is 12.0 Å². The molecule has 0 spiro atoms. The van der Waals surface area contributed by atoms with Crippen LogP contribution in [0.25, 0.3) is 5.95 Å². The summed E-state index contributed by atoms with van der Waals surface area (Å²) >= 11 is 0. The van der Waals surface area contributed by atoms with Crippen LogP contribution in [0.5, 0.6) is 0 Å². The second kappa shape index (κ2) is 6.90. The summed E-state index contributed by atoms with van der Waals surface area (Å²) in [5.41, 5.74) is 2.42. The molecular weight excluding hydrogens is 272 g/mol. The average molecular weight is 292 g/mol. The van der Waals surface area contributed by atoms with Gasteiger partial charge in [-0.3, -0.25) is 5.43 Å². The second-order valence-electron chi connectivity index (χ2n) is 4.90. The Labute approximate surface area is 122 Å². The molecule has 0 amide bonds. The lowest BCUT2D eigenvalue weighted by Gasteiger charge is -2.17. The first kappa shape index (κ1) is 15.1. The Bertz CT molecular complexity index is 552. The summed E-state index contributed by atoms with van der Waals surface area (Å²) in [5, 5.41) is 7.22. The Morgan fingerprint density at radius 2 is 2.05 bits per heavy atom. The van der Waals surface area contributed by atoms with Crippen molar-refractivity contribution in [3.8, 4) is 5.95 Å². The minimum atomic E-state index is 0.212. The van der Waals surface area contributed by atoms with E-state index in [1.807, 2.05) is 14.1 Å². The molecule has 2 heterocycles. The zero-order valence-electron chi connectivity index (χ0n) is 12.4. The third-order valence-electron chi connectivity index (χ3n) is 2.76. The van der Waals surface area contributed by atoms with Gasteiger partial charge in [0, 0.05) is 6.04 Å². The van der Waals surface area contributed by atoms with Gasteiger partial charge in [-0.2, -0.15) is 24.7 Å². The van der Waals surface area contributed by atoms with Crippen molar-refractivity contribution in [3.05, 3.63) is 12.7 Å². The summed E-state index contributed by atoms with van der Waals surface area (Å²) in [6, 6.07) is 0.212. The minimum Gasteiger partial charge on any atom is -0.352 e. The fourth-order valence-corrected chi connectivity index (χ4v) is 1.65. The molecule has 0 aliphatic carbocycles. The molecule has 0 fully saturated rings. The van der Waals surface area contributed by atoms with Gasteiger partial charge in [0.15, 0.2) is 0 Å². The van der Waals surface area contributed by atoms with Crippen LogP contribution in [0, 0.1) is 0 Å². The molecule has 21 heavy (non-hydrogen) atoms. The summed E-state index contributed by atoms with van der Waals surface area (Å²) in [6.07, 6.45) is 3.88. The van der Waals surface area contributed by atoms with Crippen LogP contribution in [0.4, 0.5) is 11.9 Å². The topological polar surface area (TPSA) is 123 Å². The lowest BCUT2D eigenvalue weighted by Crippen LogP contribution is -2.25. The van der Waals surface area contributed by atoms with E-state index in [1.54, 1.807) is 0 Å². The summed E-state index contributed by atoms with van der Waals surface area (Å²) in [7, 11) is 4.07. The van der Waals surface area contributed by atoms with E-state index >= 15 is 0 Å². The van der Waals surface area contributed by atoms with Crippen molar-refractivity contribution in [2.45, 2.75) is 19.4 Å². The molecule has 0 aromatic carbocycles. The van der Waals surface area contributed by atoms with Gasteiger partial charge in [0.2, 0.25) is 11.9 Å². The third kappa shape index (κ3) is 4.33. The number of hydrogen-bond donors (Lipinski definition) is 3. The molecule has 4 N–H and O–H groups in total. The number of nitrogens with two attached hydrogens (primary N) is 1. The maximum Gasteiger partial charge on any atom is 0.258 e.